The van der Waals surface area contributed by atoms with Crippen molar-refractivity contribution in [2.45, 2.75) is 0 Å². The topological polar surface area (TPSA) is 25.8 Å². The fourth-order valence-corrected chi connectivity index (χ4v) is 7.15. The Kier molecular flexibility index (Phi) is 6.84. The number of pyridine rings is 2. The van der Waals surface area contributed by atoms with E-state index in [1.54, 1.807) is 0 Å². The predicted molar refractivity (Wildman–Crippen MR) is 202 cm³/mol. The second kappa shape index (κ2) is 11.8. The fourth-order valence-electron chi connectivity index (χ4n) is 7.15. The third kappa shape index (κ3) is 4.92. The molecule has 0 unspecified atom stereocenters. The summed E-state index contributed by atoms with van der Waals surface area (Å²) in [6.45, 7) is 0. The van der Waals surface area contributed by atoms with Crippen LogP contribution in [0, 0.1) is 0 Å². The number of nitrogens with zero attached hydrogens (tertiary/aromatic N) is 2. The Morgan fingerprint density at radius 3 is 1.23 bits per heavy atom. The highest BCUT2D eigenvalue weighted by Crippen LogP contribution is 2.40. The van der Waals surface area contributed by atoms with Crippen molar-refractivity contribution >= 4 is 32.3 Å². The van der Waals surface area contributed by atoms with Gasteiger partial charge in [0.1, 0.15) is 0 Å². The lowest BCUT2D eigenvalue weighted by atomic mass is 9.88. The molecule has 2 nitrogen and oxygen atoms in total. The van der Waals surface area contributed by atoms with Gasteiger partial charge in [0.05, 0.1) is 0 Å². The summed E-state index contributed by atoms with van der Waals surface area (Å²) in [5, 5.41) is 7.74. The van der Waals surface area contributed by atoms with Crippen LogP contribution in [0.25, 0.3) is 88.0 Å². The monoisotopic (exact) mass is 610 g/mol. The summed E-state index contributed by atoms with van der Waals surface area (Å²) >= 11 is 0. The van der Waals surface area contributed by atoms with Crippen molar-refractivity contribution in [3.8, 4) is 55.6 Å². The van der Waals surface area contributed by atoms with Crippen LogP contribution in [0.2, 0.25) is 0 Å². The van der Waals surface area contributed by atoms with Gasteiger partial charge in [-0.2, -0.15) is 0 Å². The molecule has 48 heavy (non-hydrogen) atoms. The number of aromatic nitrogens is 2. The Morgan fingerprint density at radius 1 is 0.229 bits per heavy atom. The van der Waals surface area contributed by atoms with E-state index in [0.717, 1.165) is 22.3 Å². The van der Waals surface area contributed by atoms with E-state index in [1.165, 1.54) is 65.7 Å². The molecule has 2 heterocycles. The van der Waals surface area contributed by atoms with Gasteiger partial charge in [0.2, 0.25) is 0 Å². The standard InChI is InChI=1S/C46H30N2/c1-2-11-40(38-28-36(31-18-22-47-23-19-31)27-37(29-38)32-20-24-48-25-21-32)39(10-1)35-9-7-8-33(26-35)34-16-17-45-43-14-4-3-12-41(43)42-13-5-6-15-44(42)46(45)30-34/h1-30H. The summed E-state index contributed by atoms with van der Waals surface area (Å²) in [4.78, 5) is 8.51. The quantitative estimate of drug-likeness (QED) is 0.181. The van der Waals surface area contributed by atoms with Crippen LogP contribution in [0.15, 0.2) is 183 Å². The lowest BCUT2D eigenvalue weighted by Crippen LogP contribution is -1.90. The SMILES string of the molecule is c1cc(-c2ccc3c4ccccc4c4ccccc4c3c2)cc(-c2ccccc2-c2cc(-c3ccncc3)cc(-c3ccncc3)c2)c1. The van der Waals surface area contributed by atoms with Gasteiger partial charge in [0.25, 0.3) is 0 Å². The van der Waals surface area contributed by atoms with Crippen LogP contribution in [0.4, 0.5) is 0 Å². The number of benzene rings is 7. The molecule has 0 aliphatic carbocycles. The molecule has 9 aromatic rings. The van der Waals surface area contributed by atoms with Crippen molar-refractivity contribution < 1.29 is 0 Å². The predicted octanol–water partition coefficient (Wildman–Crippen LogP) is 12.3. The van der Waals surface area contributed by atoms with Crippen LogP contribution in [0.3, 0.4) is 0 Å². The highest BCUT2D eigenvalue weighted by Gasteiger charge is 2.14. The van der Waals surface area contributed by atoms with Crippen molar-refractivity contribution in [1.82, 2.24) is 9.97 Å². The zero-order valence-electron chi connectivity index (χ0n) is 26.2. The Morgan fingerprint density at radius 2 is 0.646 bits per heavy atom. The van der Waals surface area contributed by atoms with Gasteiger partial charge in [0, 0.05) is 24.8 Å². The van der Waals surface area contributed by atoms with Crippen LogP contribution in [-0.2, 0) is 0 Å². The second-order valence-corrected chi connectivity index (χ2v) is 12.2. The van der Waals surface area contributed by atoms with E-state index in [2.05, 4.69) is 168 Å². The summed E-state index contributed by atoms with van der Waals surface area (Å²) in [6.07, 6.45) is 7.41. The van der Waals surface area contributed by atoms with Gasteiger partial charge in [0.15, 0.2) is 0 Å². The minimum atomic E-state index is 1.14. The normalized spacial score (nSPS) is 11.3. The number of rotatable bonds is 5. The Labute approximate surface area is 279 Å². The Hall–Kier alpha value is -6.38. The third-order valence-corrected chi connectivity index (χ3v) is 9.45. The van der Waals surface area contributed by atoms with Gasteiger partial charge in [-0.1, -0.05) is 103 Å². The van der Waals surface area contributed by atoms with Crippen molar-refractivity contribution in [3.63, 3.8) is 0 Å². The van der Waals surface area contributed by atoms with E-state index in [4.69, 9.17) is 0 Å². The molecule has 0 aliphatic heterocycles. The molecule has 2 heteroatoms. The minimum Gasteiger partial charge on any atom is -0.265 e. The minimum absolute atomic E-state index is 1.14. The highest BCUT2D eigenvalue weighted by molar-refractivity contribution is 6.25. The maximum atomic E-state index is 4.26. The van der Waals surface area contributed by atoms with E-state index >= 15 is 0 Å². The molecule has 9 rings (SSSR count). The molecule has 0 bridgehead atoms. The summed E-state index contributed by atoms with van der Waals surface area (Å²) in [5.41, 5.74) is 11.7. The van der Waals surface area contributed by atoms with Crippen molar-refractivity contribution in [1.29, 1.82) is 0 Å². The van der Waals surface area contributed by atoms with Crippen molar-refractivity contribution in [2.24, 2.45) is 0 Å². The van der Waals surface area contributed by atoms with Crippen LogP contribution < -0.4 is 0 Å². The number of hydrogen-bond acceptors (Lipinski definition) is 2. The molecular formula is C46H30N2. The molecule has 0 amide bonds. The van der Waals surface area contributed by atoms with E-state index < -0.39 is 0 Å². The molecule has 0 saturated carbocycles. The molecule has 0 N–H and O–H groups in total. The molecule has 0 spiro atoms. The first-order valence-electron chi connectivity index (χ1n) is 16.3. The molecule has 2 aromatic heterocycles. The van der Waals surface area contributed by atoms with Crippen molar-refractivity contribution in [3.05, 3.63) is 183 Å². The first-order valence-corrected chi connectivity index (χ1v) is 16.3. The molecule has 0 aliphatic rings. The van der Waals surface area contributed by atoms with E-state index in [-0.39, 0.29) is 0 Å². The lowest BCUT2D eigenvalue weighted by Gasteiger charge is -2.15. The van der Waals surface area contributed by atoms with Gasteiger partial charge < -0.3 is 0 Å². The highest BCUT2D eigenvalue weighted by atomic mass is 14.6. The maximum absolute atomic E-state index is 4.26. The summed E-state index contributed by atoms with van der Waals surface area (Å²) < 4.78 is 0. The van der Waals surface area contributed by atoms with Crippen LogP contribution in [0.5, 0.6) is 0 Å². The summed E-state index contributed by atoms with van der Waals surface area (Å²) in [7, 11) is 0. The molecule has 0 fully saturated rings. The van der Waals surface area contributed by atoms with E-state index in [1.807, 2.05) is 24.8 Å². The Balaban J connectivity index is 1.19. The van der Waals surface area contributed by atoms with E-state index in [9.17, 15) is 0 Å². The van der Waals surface area contributed by atoms with Gasteiger partial charge in [-0.05, 0) is 143 Å². The van der Waals surface area contributed by atoms with Gasteiger partial charge in [-0.3, -0.25) is 9.97 Å². The maximum Gasteiger partial charge on any atom is 0.0273 e. The Bertz CT molecular complexity index is 2510. The van der Waals surface area contributed by atoms with Gasteiger partial charge >= 0.3 is 0 Å². The average molecular weight is 611 g/mol. The van der Waals surface area contributed by atoms with E-state index in [0.29, 0.717) is 0 Å². The molecular weight excluding hydrogens is 581 g/mol. The second-order valence-electron chi connectivity index (χ2n) is 12.2. The molecule has 224 valence electrons. The first-order chi connectivity index (χ1) is 23.8. The molecule has 7 aromatic carbocycles. The van der Waals surface area contributed by atoms with Crippen molar-refractivity contribution in [2.75, 3.05) is 0 Å². The van der Waals surface area contributed by atoms with Gasteiger partial charge in [-0.15, -0.1) is 0 Å². The lowest BCUT2D eigenvalue weighted by molar-refractivity contribution is 1.33. The third-order valence-electron chi connectivity index (χ3n) is 9.45. The molecule has 0 atom stereocenters. The summed E-state index contributed by atoms with van der Waals surface area (Å²) in [5.74, 6) is 0. The van der Waals surface area contributed by atoms with Crippen LogP contribution in [-0.4, -0.2) is 9.97 Å². The molecule has 0 saturated heterocycles. The molecule has 0 radical (unpaired) electrons. The number of hydrogen-bond donors (Lipinski definition) is 0. The van der Waals surface area contributed by atoms with Crippen LogP contribution in [0.1, 0.15) is 0 Å². The largest absolute Gasteiger partial charge is 0.265 e. The van der Waals surface area contributed by atoms with Crippen LogP contribution >= 0.6 is 0 Å². The zero-order valence-corrected chi connectivity index (χ0v) is 26.2. The fraction of sp³-hybridized carbons (Fsp3) is 0. The first kappa shape index (κ1) is 27.9. The average Bonchev–Trinajstić information content (AvgIpc) is 3.18. The zero-order chi connectivity index (χ0) is 31.9. The summed E-state index contributed by atoms with van der Waals surface area (Å²) in [6, 6.07) is 57.3. The smallest absolute Gasteiger partial charge is 0.0273 e. The van der Waals surface area contributed by atoms with Gasteiger partial charge in [-0.25, -0.2) is 0 Å². The number of fused-ring (bicyclic) bond motifs is 6.